The average molecular weight is 192 g/mol. The van der Waals surface area contributed by atoms with Gasteiger partial charge in [-0.15, -0.1) is 0 Å². The summed E-state index contributed by atoms with van der Waals surface area (Å²) in [6.07, 6.45) is 2.98. The molecule has 74 valence electrons. The van der Waals surface area contributed by atoms with E-state index < -0.39 is 0 Å². The van der Waals surface area contributed by atoms with E-state index in [9.17, 15) is 4.39 Å². The molecule has 2 aromatic heterocycles. The highest BCUT2D eigenvalue weighted by atomic mass is 19.1. The van der Waals surface area contributed by atoms with E-state index in [1.807, 2.05) is 12.1 Å². The Hall–Kier alpha value is -1.38. The Morgan fingerprint density at radius 2 is 2.07 bits per heavy atom. The molecular formula is C11H13FN2. The molecule has 0 spiro atoms. The van der Waals surface area contributed by atoms with Crippen LogP contribution in [0.25, 0.3) is 5.52 Å². The highest BCUT2D eigenvalue weighted by Gasteiger charge is 2.19. The molecule has 0 saturated carbocycles. The van der Waals surface area contributed by atoms with Gasteiger partial charge in [-0.2, -0.15) is 4.39 Å². The van der Waals surface area contributed by atoms with Crippen molar-refractivity contribution >= 4 is 5.52 Å². The van der Waals surface area contributed by atoms with E-state index in [0.717, 1.165) is 11.2 Å². The molecule has 2 nitrogen and oxygen atoms in total. The summed E-state index contributed by atoms with van der Waals surface area (Å²) in [5.74, 6) is -0.321. The van der Waals surface area contributed by atoms with E-state index in [-0.39, 0.29) is 11.4 Å². The zero-order valence-corrected chi connectivity index (χ0v) is 8.58. The Kier molecular flexibility index (Phi) is 1.84. The molecule has 0 fully saturated rings. The van der Waals surface area contributed by atoms with Gasteiger partial charge in [0.15, 0.2) is 0 Å². The topological polar surface area (TPSA) is 17.3 Å². The fourth-order valence-corrected chi connectivity index (χ4v) is 1.58. The Bertz CT molecular complexity index is 466. The van der Waals surface area contributed by atoms with Crippen LogP contribution in [0.4, 0.5) is 4.39 Å². The molecule has 0 saturated heterocycles. The first-order chi connectivity index (χ1) is 6.50. The Balaban J connectivity index is 2.80. The standard InChI is InChI=1S/C11H13FN2/c1-11(2,3)10-8-5-4-6-14(8)9(12)7-13-10/h4-7H,1-3H3. The molecule has 0 amide bonds. The predicted molar refractivity (Wildman–Crippen MR) is 53.9 cm³/mol. The molecule has 0 unspecified atom stereocenters. The fraction of sp³-hybridized carbons (Fsp3) is 0.364. The third-order valence-electron chi connectivity index (χ3n) is 2.23. The van der Waals surface area contributed by atoms with Gasteiger partial charge >= 0.3 is 0 Å². The first-order valence-corrected chi connectivity index (χ1v) is 4.62. The average Bonchev–Trinajstić information content (AvgIpc) is 2.50. The fourth-order valence-electron chi connectivity index (χ4n) is 1.58. The van der Waals surface area contributed by atoms with Gasteiger partial charge < -0.3 is 0 Å². The molecule has 0 aliphatic rings. The van der Waals surface area contributed by atoms with Crippen LogP contribution in [-0.2, 0) is 5.41 Å². The Morgan fingerprint density at radius 3 is 2.71 bits per heavy atom. The van der Waals surface area contributed by atoms with Gasteiger partial charge in [-0.25, -0.2) is 0 Å². The van der Waals surface area contributed by atoms with Gasteiger partial charge in [0.05, 0.1) is 17.4 Å². The van der Waals surface area contributed by atoms with Gasteiger partial charge in [-0.3, -0.25) is 9.38 Å². The summed E-state index contributed by atoms with van der Waals surface area (Å²) in [5.41, 5.74) is 1.70. The lowest BCUT2D eigenvalue weighted by atomic mass is 9.91. The minimum Gasteiger partial charge on any atom is -0.291 e. The SMILES string of the molecule is CC(C)(C)c1ncc(F)n2cccc12. The van der Waals surface area contributed by atoms with Gasteiger partial charge in [0.1, 0.15) is 0 Å². The maximum Gasteiger partial charge on any atom is 0.216 e. The molecule has 0 radical (unpaired) electrons. The second-order valence-corrected chi connectivity index (χ2v) is 4.44. The van der Waals surface area contributed by atoms with Gasteiger partial charge in [0.25, 0.3) is 0 Å². The summed E-state index contributed by atoms with van der Waals surface area (Å²) in [7, 11) is 0. The van der Waals surface area contributed by atoms with Crippen molar-refractivity contribution in [1.82, 2.24) is 9.38 Å². The van der Waals surface area contributed by atoms with Gasteiger partial charge in [-0.1, -0.05) is 20.8 Å². The third-order valence-corrected chi connectivity index (χ3v) is 2.23. The molecule has 0 N–H and O–H groups in total. The van der Waals surface area contributed by atoms with E-state index in [2.05, 4.69) is 25.8 Å². The van der Waals surface area contributed by atoms with Crippen LogP contribution < -0.4 is 0 Å². The number of fused-ring (bicyclic) bond motifs is 1. The van der Waals surface area contributed by atoms with Gasteiger partial charge in [-0.05, 0) is 12.1 Å². The van der Waals surface area contributed by atoms with Crippen LogP contribution in [0, 0.1) is 5.95 Å². The predicted octanol–water partition coefficient (Wildman–Crippen LogP) is 2.77. The molecular weight excluding hydrogens is 179 g/mol. The van der Waals surface area contributed by atoms with Crippen molar-refractivity contribution in [2.75, 3.05) is 0 Å². The van der Waals surface area contributed by atoms with E-state index >= 15 is 0 Å². The third kappa shape index (κ3) is 1.29. The molecule has 2 aromatic rings. The van der Waals surface area contributed by atoms with Crippen LogP contribution >= 0.6 is 0 Å². The van der Waals surface area contributed by atoms with Crippen molar-refractivity contribution in [1.29, 1.82) is 0 Å². The molecule has 2 rings (SSSR count). The highest BCUT2D eigenvalue weighted by Crippen LogP contribution is 2.25. The lowest BCUT2D eigenvalue weighted by molar-refractivity contribution is 0.534. The maximum atomic E-state index is 13.3. The molecule has 0 atom stereocenters. The monoisotopic (exact) mass is 192 g/mol. The van der Waals surface area contributed by atoms with Crippen molar-refractivity contribution in [3.05, 3.63) is 36.2 Å². The van der Waals surface area contributed by atoms with Crippen molar-refractivity contribution in [3.8, 4) is 0 Å². The number of hydrogen-bond acceptors (Lipinski definition) is 1. The second kappa shape index (κ2) is 2.80. The lowest BCUT2D eigenvalue weighted by Crippen LogP contribution is -2.15. The highest BCUT2D eigenvalue weighted by molar-refractivity contribution is 5.54. The van der Waals surface area contributed by atoms with Gasteiger partial charge in [0, 0.05) is 11.6 Å². The summed E-state index contributed by atoms with van der Waals surface area (Å²) in [6, 6.07) is 3.71. The smallest absolute Gasteiger partial charge is 0.216 e. The van der Waals surface area contributed by atoms with E-state index in [1.54, 1.807) is 6.20 Å². The molecule has 0 bridgehead atoms. The zero-order valence-electron chi connectivity index (χ0n) is 8.58. The number of rotatable bonds is 0. The molecule has 3 heteroatoms. The number of hydrogen-bond donors (Lipinski definition) is 0. The number of halogens is 1. The van der Waals surface area contributed by atoms with Gasteiger partial charge in [0.2, 0.25) is 5.95 Å². The molecule has 2 heterocycles. The number of nitrogens with zero attached hydrogens (tertiary/aromatic N) is 2. The van der Waals surface area contributed by atoms with Crippen molar-refractivity contribution < 1.29 is 4.39 Å². The maximum absolute atomic E-state index is 13.3. The summed E-state index contributed by atoms with van der Waals surface area (Å²) in [6.45, 7) is 6.21. The zero-order chi connectivity index (χ0) is 10.3. The molecule has 0 aliphatic heterocycles. The van der Waals surface area contributed by atoms with E-state index in [1.165, 1.54) is 10.6 Å². The van der Waals surface area contributed by atoms with Crippen molar-refractivity contribution in [3.63, 3.8) is 0 Å². The summed E-state index contributed by atoms with van der Waals surface area (Å²) >= 11 is 0. The van der Waals surface area contributed by atoms with Crippen molar-refractivity contribution in [2.45, 2.75) is 26.2 Å². The second-order valence-electron chi connectivity index (χ2n) is 4.44. The largest absolute Gasteiger partial charge is 0.291 e. The van der Waals surface area contributed by atoms with Crippen molar-refractivity contribution in [2.24, 2.45) is 0 Å². The quantitative estimate of drug-likeness (QED) is 0.627. The summed E-state index contributed by atoms with van der Waals surface area (Å²) in [5, 5.41) is 0. The van der Waals surface area contributed by atoms with E-state index in [0.29, 0.717) is 0 Å². The van der Waals surface area contributed by atoms with Crippen LogP contribution in [-0.4, -0.2) is 9.38 Å². The Morgan fingerprint density at radius 1 is 1.36 bits per heavy atom. The minimum atomic E-state index is -0.321. The summed E-state index contributed by atoms with van der Waals surface area (Å²) in [4.78, 5) is 4.15. The normalized spacial score (nSPS) is 12.3. The van der Waals surface area contributed by atoms with E-state index in [4.69, 9.17) is 0 Å². The Labute approximate surface area is 82.4 Å². The summed E-state index contributed by atoms with van der Waals surface area (Å²) < 4.78 is 14.8. The van der Waals surface area contributed by atoms with Crippen LogP contribution in [0.5, 0.6) is 0 Å². The minimum absolute atomic E-state index is 0.0622. The molecule has 14 heavy (non-hydrogen) atoms. The first kappa shape index (κ1) is 9.19. The lowest BCUT2D eigenvalue weighted by Gasteiger charge is -2.18. The number of aromatic nitrogens is 2. The van der Waals surface area contributed by atoms with Crippen LogP contribution in [0.1, 0.15) is 26.5 Å². The molecule has 0 aliphatic carbocycles. The van der Waals surface area contributed by atoms with Crippen LogP contribution in [0.2, 0.25) is 0 Å². The van der Waals surface area contributed by atoms with Crippen LogP contribution in [0.15, 0.2) is 24.5 Å². The molecule has 0 aromatic carbocycles. The first-order valence-electron chi connectivity index (χ1n) is 4.62. The van der Waals surface area contributed by atoms with Crippen LogP contribution in [0.3, 0.4) is 0 Å².